The van der Waals surface area contributed by atoms with Gasteiger partial charge in [-0.15, -0.1) is 0 Å². The van der Waals surface area contributed by atoms with Gasteiger partial charge in [0.25, 0.3) is 0 Å². The average Bonchev–Trinajstić information content (AvgIpc) is 2.54. The summed E-state index contributed by atoms with van der Waals surface area (Å²) in [4.78, 5) is 13.8. The summed E-state index contributed by atoms with van der Waals surface area (Å²) >= 11 is 0. The number of nitrogens with two attached hydrogens (primary N) is 1. The summed E-state index contributed by atoms with van der Waals surface area (Å²) < 4.78 is 10.7. The Bertz CT molecular complexity index is 288. The minimum atomic E-state index is -0.488. The van der Waals surface area contributed by atoms with Gasteiger partial charge in [-0.1, -0.05) is 0 Å². The van der Waals surface area contributed by atoms with E-state index in [0.717, 1.165) is 6.42 Å². The molecule has 0 spiro atoms. The summed E-state index contributed by atoms with van der Waals surface area (Å²) in [6, 6.07) is 0. The van der Waals surface area contributed by atoms with Gasteiger partial charge < -0.3 is 15.2 Å². The number of hydrogen-bond donors (Lipinski definition) is 1. The third kappa shape index (κ3) is 3.33. The molecule has 0 bridgehead atoms. The van der Waals surface area contributed by atoms with Crippen molar-refractivity contribution >= 4 is 6.09 Å². The number of amides is 1. The molecule has 0 unspecified atom stereocenters. The topological polar surface area (TPSA) is 64.8 Å². The van der Waals surface area contributed by atoms with Crippen LogP contribution >= 0.6 is 0 Å². The number of methoxy groups -OCH3 is 1. The van der Waals surface area contributed by atoms with Crippen molar-refractivity contribution in [3.05, 3.63) is 0 Å². The Labute approximate surface area is 103 Å². The maximum absolute atomic E-state index is 12.1. The number of hydrogen-bond acceptors (Lipinski definition) is 4. The van der Waals surface area contributed by atoms with Crippen molar-refractivity contribution in [1.29, 1.82) is 0 Å². The number of likely N-dealkylation sites (tertiary alicyclic amines) is 1. The summed E-state index contributed by atoms with van der Waals surface area (Å²) in [7, 11) is 1.65. The molecule has 5 nitrogen and oxygen atoms in total. The summed E-state index contributed by atoms with van der Waals surface area (Å²) in [6.07, 6.45) is 0.472. The molecule has 2 atom stereocenters. The molecule has 1 rings (SSSR count). The van der Waals surface area contributed by atoms with E-state index < -0.39 is 5.60 Å². The molecule has 2 N–H and O–H groups in total. The fourth-order valence-corrected chi connectivity index (χ4v) is 2.05. The van der Waals surface area contributed by atoms with E-state index in [9.17, 15) is 4.79 Å². The Morgan fingerprint density at radius 1 is 1.53 bits per heavy atom. The quantitative estimate of drug-likeness (QED) is 0.796. The zero-order valence-electron chi connectivity index (χ0n) is 11.4. The SMILES string of the molecule is CO[C@@H]1CN(C(=O)OC(C)(C)C)[C@@](C)(CN)C1. The highest BCUT2D eigenvalue weighted by atomic mass is 16.6. The highest BCUT2D eigenvalue weighted by Crippen LogP contribution is 2.31. The number of nitrogens with zero attached hydrogens (tertiary/aromatic N) is 1. The van der Waals surface area contributed by atoms with Crippen LogP contribution in [-0.4, -0.2) is 48.4 Å². The molecule has 1 aliphatic rings. The first-order valence-corrected chi connectivity index (χ1v) is 5.95. The van der Waals surface area contributed by atoms with Crippen LogP contribution in [0.2, 0.25) is 0 Å². The first kappa shape index (κ1) is 14.3. The van der Waals surface area contributed by atoms with Gasteiger partial charge in [-0.3, -0.25) is 4.90 Å². The molecule has 0 aromatic rings. The van der Waals surface area contributed by atoms with Gasteiger partial charge >= 0.3 is 6.09 Å². The maximum Gasteiger partial charge on any atom is 0.410 e. The van der Waals surface area contributed by atoms with E-state index in [0.29, 0.717) is 13.1 Å². The zero-order valence-corrected chi connectivity index (χ0v) is 11.4. The lowest BCUT2D eigenvalue weighted by Crippen LogP contribution is -2.51. The van der Waals surface area contributed by atoms with Crippen LogP contribution in [0, 0.1) is 0 Å². The van der Waals surface area contributed by atoms with Crippen molar-refractivity contribution in [3.8, 4) is 0 Å². The summed E-state index contributed by atoms with van der Waals surface area (Å²) in [5.74, 6) is 0. The molecule has 1 amide bonds. The number of ether oxygens (including phenoxy) is 2. The highest BCUT2D eigenvalue weighted by Gasteiger charge is 2.45. The second kappa shape index (κ2) is 4.82. The highest BCUT2D eigenvalue weighted by molar-refractivity contribution is 5.69. The Kier molecular flexibility index (Phi) is 4.04. The molecule has 1 fully saturated rings. The second-order valence-corrected chi connectivity index (χ2v) is 5.85. The van der Waals surface area contributed by atoms with Crippen LogP contribution in [0.4, 0.5) is 4.79 Å². The molecule has 0 aliphatic carbocycles. The lowest BCUT2D eigenvalue weighted by Gasteiger charge is -2.35. The van der Waals surface area contributed by atoms with E-state index in [1.54, 1.807) is 12.0 Å². The fourth-order valence-electron chi connectivity index (χ4n) is 2.05. The molecule has 1 heterocycles. The Morgan fingerprint density at radius 3 is 2.53 bits per heavy atom. The van der Waals surface area contributed by atoms with E-state index in [1.165, 1.54) is 0 Å². The monoisotopic (exact) mass is 244 g/mol. The van der Waals surface area contributed by atoms with Gasteiger partial charge in [-0.05, 0) is 34.1 Å². The lowest BCUT2D eigenvalue weighted by atomic mass is 9.99. The number of rotatable bonds is 2. The van der Waals surface area contributed by atoms with Crippen molar-refractivity contribution in [2.45, 2.75) is 51.4 Å². The van der Waals surface area contributed by atoms with Crippen LogP contribution in [0.25, 0.3) is 0 Å². The average molecular weight is 244 g/mol. The van der Waals surface area contributed by atoms with Crippen molar-refractivity contribution in [1.82, 2.24) is 4.90 Å². The van der Waals surface area contributed by atoms with Crippen molar-refractivity contribution in [3.63, 3.8) is 0 Å². The predicted molar refractivity (Wildman–Crippen MR) is 65.8 cm³/mol. The number of carbonyl (C=O) groups is 1. The van der Waals surface area contributed by atoms with Crippen molar-refractivity contribution < 1.29 is 14.3 Å². The second-order valence-electron chi connectivity index (χ2n) is 5.85. The molecule has 5 heteroatoms. The largest absolute Gasteiger partial charge is 0.444 e. The summed E-state index contributed by atoms with van der Waals surface area (Å²) in [5.41, 5.74) is 4.91. The lowest BCUT2D eigenvalue weighted by molar-refractivity contribution is 0.0104. The minimum Gasteiger partial charge on any atom is -0.444 e. The molecule has 100 valence electrons. The van der Waals surface area contributed by atoms with Gasteiger partial charge in [0, 0.05) is 13.7 Å². The molecule has 0 aromatic carbocycles. The summed E-state index contributed by atoms with van der Waals surface area (Å²) in [5, 5.41) is 0. The van der Waals surface area contributed by atoms with Crippen LogP contribution in [-0.2, 0) is 9.47 Å². The van der Waals surface area contributed by atoms with E-state index in [4.69, 9.17) is 15.2 Å². The van der Waals surface area contributed by atoms with E-state index in [-0.39, 0.29) is 17.7 Å². The van der Waals surface area contributed by atoms with Crippen LogP contribution in [0.3, 0.4) is 0 Å². The van der Waals surface area contributed by atoms with E-state index in [2.05, 4.69) is 0 Å². The molecule has 0 aromatic heterocycles. The Morgan fingerprint density at radius 2 is 2.12 bits per heavy atom. The van der Waals surface area contributed by atoms with Crippen LogP contribution in [0.15, 0.2) is 0 Å². The maximum atomic E-state index is 12.1. The van der Waals surface area contributed by atoms with E-state index in [1.807, 2.05) is 27.7 Å². The zero-order chi connectivity index (χ0) is 13.3. The normalized spacial score (nSPS) is 29.5. The fraction of sp³-hybridized carbons (Fsp3) is 0.917. The molecule has 0 saturated carbocycles. The Balaban J connectivity index is 2.77. The number of carbonyl (C=O) groups excluding carboxylic acids is 1. The first-order valence-electron chi connectivity index (χ1n) is 5.95. The molecule has 0 radical (unpaired) electrons. The van der Waals surface area contributed by atoms with E-state index >= 15 is 0 Å². The van der Waals surface area contributed by atoms with Gasteiger partial charge in [0.15, 0.2) is 0 Å². The molecular formula is C12H24N2O3. The predicted octanol–water partition coefficient (Wildman–Crippen LogP) is 1.36. The van der Waals surface area contributed by atoms with Crippen LogP contribution in [0.1, 0.15) is 34.1 Å². The first-order chi connectivity index (χ1) is 7.72. The standard InChI is InChI=1S/C12H24N2O3/c1-11(2,3)17-10(15)14-7-9(16-5)6-12(14,4)8-13/h9H,6-8,13H2,1-5H3/t9-,12+/m0/s1. The van der Waals surface area contributed by atoms with Crippen molar-refractivity contribution in [2.75, 3.05) is 20.2 Å². The molecule has 1 saturated heterocycles. The van der Waals surface area contributed by atoms with Gasteiger partial charge in [-0.2, -0.15) is 0 Å². The Hall–Kier alpha value is -0.810. The van der Waals surface area contributed by atoms with Crippen LogP contribution in [0.5, 0.6) is 0 Å². The summed E-state index contributed by atoms with van der Waals surface area (Å²) in [6.45, 7) is 8.48. The molecular weight excluding hydrogens is 220 g/mol. The van der Waals surface area contributed by atoms with Crippen molar-refractivity contribution in [2.24, 2.45) is 5.73 Å². The third-order valence-corrected chi connectivity index (χ3v) is 3.09. The van der Waals surface area contributed by atoms with Gasteiger partial charge in [-0.25, -0.2) is 4.79 Å². The molecule has 17 heavy (non-hydrogen) atoms. The van der Waals surface area contributed by atoms with Crippen LogP contribution < -0.4 is 5.73 Å². The van der Waals surface area contributed by atoms with Gasteiger partial charge in [0.1, 0.15) is 5.60 Å². The van der Waals surface area contributed by atoms with Gasteiger partial charge in [0.05, 0.1) is 18.2 Å². The smallest absolute Gasteiger partial charge is 0.410 e. The van der Waals surface area contributed by atoms with Gasteiger partial charge in [0.2, 0.25) is 0 Å². The minimum absolute atomic E-state index is 0.0380. The third-order valence-electron chi connectivity index (χ3n) is 3.09. The molecule has 1 aliphatic heterocycles.